The van der Waals surface area contributed by atoms with Crippen LogP contribution in [-0.2, 0) is 14.4 Å². The first-order valence-corrected chi connectivity index (χ1v) is 11.6. The van der Waals surface area contributed by atoms with Crippen LogP contribution >= 0.6 is 67.8 Å². The molecule has 10 heteroatoms. The predicted octanol–water partition coefficient (Wildman–Crippen LogP) is 3.96. The van der Waals surface area contributed by atoms with Crippen LogP contribution in [0.1, 0.15) is 38.1 Å². The van der Waals surface area contributed by atoms with Gasteiger partial charge in [-0.05, 0) is 73.7 Å². The number of piperidine rings is 1. The van der Waals surface area contributed by atoms with Crippen LogP contribution in [0.3, 0.4) is 0 Å². The summed E-state index contributed by atoms with van der Waals surface area (Å²) in [6.45, 7) is 6.78. The quantitative estimate of drug-likeness (QED) is 0.377. The van der Waals surface area contributed by atoms with Gasteiger partial charge in [0.25, 0.3) is 0 Å². The number of carbonyl (C=O) groups is 4. The second-order valence-electron chi connectivity index (χ2n) is 6.85. The second kappa shape index (κ2) is 8.70. The van der Waals surface area contributed by atoms with Crippen molar-refractivity contribution in [1.29, 1.82) is 0 Å². The number of aromatic carboxylic acids is 1. The minimum atomic E-state index is -1.18. The highest BCUT2D eigenvalue weighted by atomic mass is 127. The normalized spacial score (nSPS) is 22.4. The molecule has 1 aliphatic rings. The number of nitrogens with zero attached hydrogens (tertiary/aromatic N) is 2. The largest absolute Gasteiger partial charge is 0.478 e. The number of imide groups is 1. The van der Waals surface area contributed by atoms with E-state index in [1.165, 1.54) is 18.9 Å². The van der Waals surface area contributed by atoms with Gasteiger partial charge in [-0.1, -0.05) is 20.8 Å². The maximum Gasteiger partial charge on any atom is 0.338 e. The van der Waals surface area contributed by atoms with Gasteiger partial charge in [0, 0.05) is 25.8 Å². The van der Waals surface area contributed by atoms with E-state index in [9.17, 15) is 24.3 Å². The van der Waals surface area contributed by atoms with Gasteiger partial charge >= 0.3 is 5.97 Å². The fourth-order valence-electron chi connectivity index (χ4n) is 3.09. The van der Waals surface area contributed by atoms with Crippen LogP contribution in [0.15, 0.2) is 0 Å². The highest BCUT2D eigenvalue weighted by Gasteiger charge is 2.45. The zero-order valence-electron chi connectivity index (χ0n) is 15.8. The van der Waals surface area contributed by atoms with E-state index in [0.29, 0.717) is 16.4 Å². The maximum absolute atomic E-state index is 13.0. The Balaban J connectivity index is 2.91. The van der Waals surface area contributed by atoms with Crippen LogP contribution in [0, 0.1) is 28.5 Å². The Bertz CT molecular complexity index is 880. The number of rotatable bonds is 3. The lowest BCUT2D eigenvalue weighted by atomic mass is 9.79. The van der Waals surface area contributed by atoms with E-state index in [1.54, 1.807) is 13.8 Å². The molecule has 1 aromatic rings. The summed E-state index contributed by atoms with van der Waals surface area (Å²) in [5.74, 6) is -3.08. The Morgan fingerprint density at radius 1 is 0.964 bits per heavy atom. The molecule has 2 rings (SSSR count). The lowest BCUT2D eigenvalue weighted by Gasteiger charge is -2.39. The Hall–Kier alpha value is -0.510. The number of anilines is 2. The van der Waals surface area contributed by atoms with Crippen molar-refractivity contribution in [1.82, 2.24) is 0 Å². The van der Waals surface area contributed by atoms with Crippen LogP contribution in [0.25, 0.3) is 0 Å². The van der Waals surface area contributed by atoms with Crippen molar-refractivity contribution in [2.24, 2.45) is 17.8 Å². The molecule has 0 spiro atoms. The number of carboxylic acids is 1. The number of carboxylic acid groups (broad SMARTS) is 1. The second-order valence-corrected chi connectivity index (χ2v) is 10.1. The zero-order valence-corrected chi connectivity index (χ0v) is 22.3. The predicted molar refractivity (Wildman–Crippen MR) is 131 cm³/mol. The molecule has 0 bridgehead atoms. The Morgan fingerprint density at radius 2 is 1.43 bits per heavy atom. The molecule has 1 aromatic carbocycles. The van der Waals surface area contributed by atoms with Gasteiger partial charge in [-0.2, -0.15) is 0 Å². The molecule has 1 aliphatic heterocycles. The van der Waals surface area contributed by atoms with E-state index in [2.05, 4.69) is 0 Å². The van der Waals surface area contributed by atoms with E-state index in [1.807, 2.05) is 74.7 Å². The summed E-state index contributed by atoms with van der Waals surface area (Å²) in [6, 6.07) is 0. The van der Waals surface area contributed by atoms with E-state index in [4.69, 9.17) is 0 Å². The molecule has 2 atom stereocenters. The van der Waals surface area contributed by atoms with Crippen molar-refractivity contribution >= 4 is 103 Å². The Morgan fingerprint density at radius 3 is 1.82 bits per heavy atom. The third-order valence-electron chi connectivity index (χ3n) is 5.31. The highest BCUT2D eigenvalue weighted by molar-refractivity contribution is 14.1. The third-order valence-corrected chi connectivity index (χ3v) is 8.44. The average molecular weight is 724 g/mol. The summed E-state index contributed by atoms with van der Waals surface area (Å²) in [5, 5.41) is 9.78. The lowest BCUT2D eigenvalue weighted by Crippen LogP contribution is -2.53. The van der Waals surface area contributed by atoms with E-state index >= 15 is 0 Å². The summed E-state index contributed by atoms with van der Waals surface area (Å²) in [7, 11) is 1.54. The molecule has 28 heavy (non-hydrogen) atoms. The standard InChI is InChI=1S/C18H19I3N2O5/c1-6-7(2)16(25)23(17(26)8(6)3)15-12(20)10(18(27)28)11(19)14(13(15)21)22(5)9(4)24/h6-8H,1-5H3,(H,27,28). The van der Waals surface area contributed by atoms with Gasteiger partial charge in [0.2, 0.25) is 17.7 Å². The fourth-order valence-corrected chi connectivity index (χ4v) is 7.93. The van der Waals surface area contributed by atoms with Gasteiger partial charge in [0.05, 0.1) is 27.6 Å². The molecule has 1 heterocycles. The molecule has 3 amide bonds. The fraction of sp³-hybridized carbons (Fsp3) is 0.444. The molecule has 0 aromatic heterocycles. The molecule has 0 radical (unpaired) electrons. The summed E-state index contributed by atoms with van der Waals surface area (Å²) >= 11 is 5.74. The van der Waals surface area contributed by atoms with Crippen molar-refractivity contribution in [3.05, 3.63) is 16.3 Å². The third kappa shape index (κ3) is 3.79. The molecule has 1 saturated heterocycles. The smallest absolute Gasteiger partial charge is 0.338 e. The van der Waals surface area contributed by atoms with Gasteiger partial charge in [0.15, 0.2) is 0 Å². The number of halogens is 3. The molecular formula is C18H19I3N2O5. The molecule has 0 saturated carbocycles. The number of amides is 3. The highest BCUT2D eigenvalue weighted by Crippen LogP contribution is 2.44. The Labute approximate surface area is 204 Å². The van der Waals surface area contributed by atoms with E-state index in [-0.39, 0.29) is 46.7 Å². The van der Waals surface area contributed by atoms with Crippen molar-refractivity contribution in [2.45, 2.75) is 27.7 Å². The maximum atomic E-state index is 13.0. The van der Waals surface area contributed by atoms with Crippen LogP contribution in [0.2, 0.25) is 0 Å². The zero-order chi connectivity index (χ0) is 21.7. The molecule has 2 unspecified atom stereocenters. The molecular weight excluding hydrogens is 705 g/mol. The molecule has 0 aliphatic carbocycles. The average Bonchev–Trinajstić information content (AvgIpc) is 2.60. The lowest BCUT2D eigenvalue weighted by molar-refractivity contribution is -0.137. The van der Waals surface area contributed by atoms with Gasteiger partial charge in [0.1, 0.15) is 0 Å². The molecule has 7 nitrogen and oxygen atoms in total. The topological polar surface area (TPSA) is 95.0 Å². The van der Waals surface area contributed by atoms with Gasteiger partial charge in [-0.3, -0.25) is 14.4 Å². The number of benzene rings is 1. The first-order valence-electron chi connectivity index (χ1n) is 8.40. The molecule has 1 fully saturated rings. The number of hydrogen-bond acceptors (Lipinski definition) is 4. The summed E-state index contributed by atoms with van der Waals surface area (Å²) in [5.41, 5.74) is 0.586. The number of carbonyl (C=O) groups excluding carboxylic acids is 3. The molecule has 152 valence electrons. The summed E-state index contributed by atoms with van der Waals surface area (Å²) in [6.07, 6.45) is 0. The summed E-state index contributed by atoms with van der Waals surface area (Å²) < 4.78 is 1.17. The number of hydrogen-bond donors (Lipinski definition) is 1. The van der Waals surface area contributed by atoms with Gasteiger partial charge < -0.3 is 10.0 Å². The van der Waals surface area contributed by atoms with Gasteiger partial charge in [-0.25, -0.2) is 9.69 Å². The minimum Gasteiger partial charge on any atom is -0.478 e. The first-order chi connectivity index (χ1) is 12.8. The Kier molecular flexibility index (Phi) is 7.38. The monoisotopic (exact) mass is 724 g/mol. The van der Waals surface area contributed by atoms with Crippen LogP contribution in [-0.4, -0.2) is 35.8 Å². The van der Waals surface area contributed by atoms with E-state index < -0.39 is 5.97 Å². The van der Waals surface area contributed by atoms with Crippen molar-refractivity contribution in [2.75, 3.05) is 16.8 Å². The van der Waals surface area contributed by atoms with Crippen LogP contribution < -0.4 is 9.80 Å². The van der Waals surface area contributed by atoms with Crippen molar-refractivity contribution in [3.63, 3.8) is 0 Å². The summed E-state index contributed by atoms with van der Waals surface area (Å²) in [4.78, 5) is 52.5. The first kappa shape index (κ1) is 23.8. The van der Waals surface area contributed by atoms with E-state index in [0.717, 1.165) is 4.90 Å². The molecule has 1 N–H and O–H groups in total. The SMILES string of the molecule is CC(=O)N(C)c1c(I)c(C(=O)O)c(I)c(N2C(=O)C(C)C(C)C(C)C2=O)c1I. The minimum absolute atomic E-state index is 0.0285. The van der Waals surface area contributed by atoms with Crippen LogP contribution in [0.4, 0.5) is 11.4 Å². The van der Waals surface area contributed by atoms with Gasteiger partial charge in [-0.15, -0.1) is 0 Å². The van der Waals surface area contributed by atoms with Crippen molar-refractivity contribution in [3.8, 4) is 0 Å². The van der Waals surface area contributed by atoms with Crippen molar-refractivity contribution < 1.29 is 24.3 Å². The van der Waals surface area contributed by atoms with Crippen LogP contribution in [0.5, 0.6) is 0 Å².